The largest absolute Gasteiger partial charge is 0.251 e. The molecule has 0 atom stereocenters. The van der Waals surface area contributed by atoms with Gasteiger partial charge in [-0.3, -0.25) is 0 Å². The van der Waals surface area contributed by atoms with Gasteiger partial charge in [0.15, 0.2) is 8.68 Å². The van der Waals surface area contributed by atoms with E-state index in [9.17, 15) is 8.42 Å². The van der Waals surface area contributed by atoms with Gasteiger partial charge in [-0.15, -0.1) is 0 Å². The second-order valence-corrected chi connectivity index (χ2v) is 6.83. The first-order valence-corrected chi connectivity index (χ1v) is 6.87. The molecular weight excluding hydrogens is 244 g/mol. The molecule has 14 heavy (non-hydrogen) atoms. The lowest BCUT2D eigenvalue weighted by molar-refractivity contribution is 0.579. The molecule has 4 nitrogen and oxygen atoms in total. The molecule has 1 heterocycles. The fourth-order valence-corrected chi connectivity index (χ4v) is 3.44. The van der Waals surface area contributed by atoms with Crippen LogP contribution in [0.15, 0.2) is 10.4 Å². The van der Waals surface area contributed by atoms with E-state index in [-0.39, 0.29) is 8.68 Å². The van der Waals surface area contributed by atoms with E-state index in [4.69, 9.17) is 11.6 Å². The zero-order valence-electron chi connectivity index (χ0n) is 7.23. The Kier molecular flexibility index (Phi) is 2.79. The van der Waals surface area contributed by atoms with Gasteiger partial charge in [-0.25, -0.2) is 18.1 Å². The molecule has 0 spiro atoms. The molecule has 0 unspecified atom stereocenters. The van der Waals surface area contributed by atoms with Gasteiger partial charge in [0.05, 0.1) is 6.20 Å². The van der Waals surface area contributed by atoms with Crippen LogP contribution in [0.2, 0.25) is 4.47 Å². The molecule has 78 valence electrons. The van der Waals surface area contributed by atoms with E-state index in [1.54, 1.807) is 0 Å². The maximum Gasteiger partial charge on any atom is 0.251 e. The maximum absolute atomic E-state index is 11.6. The van der Waals surface area contributed by atoms with Gasteiger partial charge in [-0.2, -0.15) is 0 Å². The van der Waals surface area contributed by atoms with E-state index in [1.807, 2.05) is 0 Å². The number of hydrogen-bond donors (Lipinski definition) is 1. The Morgan fingerprint density at radius 2 is 2.36 bits per heavy atom. The number of aromatic nitrogens is 1. The number of rotatable bonds is 4. The first-order valence-electron chi connectivity index (χ1n) is 4.19. The van der Waals surface area contributed by atoms with Crippen molar-refractivity contribution in [2.24, 2.45) is 5.92 Å². The van der Waals surface area contributed by atoms with Crippen molar-refractivity contribution >= 4 is 33.0 Å². The summed E-state index contributed by atoms with van der Waals surface area (Å²) in [6.45, 7) is 0.526. The molecule has 1 saturated carbocycles. The second kappa shape index (κ2) is 3.77. The summed E-state index contributed by atoms with van der Waals surface area (Å²) in [4.78, 5) is 3.69. The minimum atomic E-state index is -3.37. The summed E-state index contributed by atoms with van der Waals surface area (Å²) in [5.41, 5.74) is 0. The van der Waals surface area contributed by atoms with Crippen molar-refractivity contribution in [3.63, 3.8) is 0 Å². The van der Waals surface area contributed by atoms with Crippen LogP contribution >= 0.6 is 22.9 Å². The van der Waals surface area contributed by atoms with Crippen molar-refractivity contribution < 1.29 is 8.42 Å². The van der Waals surface area contributed by atoms with Gasteiger partial charge in [-0.1, -0.05) is 22.9 Å². The number of nitrogens with zero attached hydrogens (tertiary/aromatic N) is 1. The molecule has 1 aromatic heterocycles. The molecule has 0 aliphatic heterocycles. The smallest absolute Gasteiger partial charge is 0.232 e. The van der Waals surface area contributed by atoms with E-state index < -0.39 is 10.0 Å². The van der Waals surface area contributed by atoms with Crippen LogP contribution in [0.25, 0.3) is 0 Å². The van der Waals surface area contributed by atoms with Gasteiger partial charge in [-0.05, 0) is 18.8 Å². The molecule has 7 heteroatoms. The summed E-state index contributed by atoms with van der Waals surface area (Å²) in [5.74, 6) is 0.521. The summed E-state index contributed by atoms with van der Waals surface area (Å²) >= 11 is 6.53. The van der Waals surface area contributed by atoms with Crippen LogP contribution in [-0.2, 0) is 10.0 Å². The third-order valence-corrected chi connectivity index (χ3v) is 4.98. The molecule has 0 radical (unpaired) electrons. The van der Waals surface area contributed by atoms with Crippen LogP contribution in [-0.4, -0.2) is 19.9 Å². The summed E-state index contributed by atoms with van der Waals surface area (Å²) in [7, 11) is -3.37. The Morgan fingerprint density at radius 1 is 1.64 bits per heavy atom. The first-order chi connectivity index (χ1) is 6.58. The number of halogens is 1. The Bertz CT molecular complexity index is 425. The predicted molar refractivity (Wildman–Crippen MR) is 55.0 cm³/mol. The minimum absolute atomic E-state index is 0.183. The van der Waals surface area contributed by atoms with Crippen molar-refractivity contribution in [2.45, 2.75) is 17.1 Å². The highest BCUT2D eigenvalue weighted by Crippen LogP contribution is 2.29. The average molecular weight is 253 g/mol. The normalized spacial score (nSPS) is 17.2. The quantitative estimate of drug-likeness (QED) is 0.883. The number of nitrogens with one attached hydrogen (secondary N) is 1. The van der Waals surface area contributed by atoms with Crippen molar-refractivity contribution in [2.75, 3.05) is 6.54 Å². The predicted octanol–water partition coefficient (Wildman–Crippen LogP) is 1.48. The molecule has 1 aromatic rings. The highest BCUT2D eigenvalue weighted by molar-refractivity contribution is 7.91. The summed E-state index contributed by atoms with van der Waals surface area (Å²) in [6.07, 6.45) is 3.51. The molecule has 1 aliphatic rings. The molecular formula is C7H9ClN2O2S2. The van der Waals surface area contributed by atoms with Crippen LogP contribution in [0.3, 0.4) is 0 Å². The van der Waals surface area contributed by atoms with Crippen molar-refractivity contribution in [3.05, 3.63) is 10.7 Å². The van der Waals surface area contributed by atoms with Gasteiger partial charge in [0, 0.05) is 6.54 Å². The van der Waals surface area contributed by atoms with E-state index in [0.717, 1.165) is 24.2 Å². The Balaban J connectivity index is 2.06. The van der Waals surface area contributed by atoms with Gasteiger partial charge in [0.2, 0.25) is 0 Å². The number of thiazole rings is 1. The van der Waals surface area contributed by atoms with Crippen molar-refractivity contribution in [1.82, 2.24) is 9.71 Å². The molecule has 1 N–H and O–H groups in total. The average Bonchev–Trinajstić information content (AvgIpc) is 2.85. The zero-order valence-corrected chi connectivity index (χ0v) is 9.62. The fraction of sp³-hybridized carbons (Fsp3) is 0.571. The van der Waals surface area contributed by atoms with E-state index in [0.29, 0.717) is 12.5 Å². The highest BCUT2D eigenvalue weighted by Gasteiger charge is 2.25. The Morgan fingerprint density at radius 3 is 2.86 bits per heavy atom. The molecule has 0 bridgehead atoms. The highest BCUT2D eigenvalue weighted by atomic mass is 35.5. The van der Waals surface area contributed by atoms with Crippen LogP contribution in [0.5, 0.6) is 0 Å². The summed E-state index contributed by atoms with van der Waals surface area (Å²) < 4.78 is 26.1. The van der Waals surface area contributed by atoms with E-state index in [2.05, 4.69) is 9.71 Å². The van der Waals surface area contributed by atoms with Gasteiger partial charge in [0.1, 0.15) is 0 Å². The molecule has 0 aromatic carbocycles. The van der Waals surface area contributed by atoms with Crippen LogP contribution < -0.4 is 4.72 Å². The lowest BCUT2D eigenvalue weighted by Gasteiger charge is -2.01. The maximum atomic E-state index is 11.6. The number of hydrogen-bond acceptors (Lipinski definition) is 4. The molecule has 1 aliphatic carbocycles. The zero-order chi connectivity index (χ0) is 10.2. The van der Waals surface area contributed by atoms with Crippen molar-refractivity contribution in [1.29, 1.82) is 0 Å². The monoisotopic (exact) mass is 252 g/mol. The topological polar surface area (TPSA) is 59.1 Å². The summed E-state index contributed by atoms with van der Waals surface area (Å²) in [5, 5.41) is 0. The standard InChI is InChI=1S/C7H9ClN2O2S2/c8-7-9-4-6(13-7)14(11,12)10-3-5-1-2-5/h4-5,10H,1-3H2. The van der Waals surface area contributed by atoms with Crippen LogP contribution in [0, 0.1) is 5.92 Å². The lowest BCUT2D eigenvalue weighted by Crippen LogP contribution is -2.25. The SMILES string of the molecule is O=S(=O)(NCC1CC1)c1cnc(Cl)s1. The van der Waals surface area contributed by atoms with Gasteiger partial charge in [0.25, 0.3) is 10.0 Å². The molecule has 2 rings (SSSR count). The second-order valence-electron chi connectivity index (χ2n) is 3.23. The molecule has 0 amide bonds. The minimum Gasteiger partial charge on any atom is -0.232 e. The third kappa shape index (κ3) is 2.44. The first kappa shape index (κ1) is 10.4. The number of sulfonamides is 1. The van der Waals surface area contributed by atoms with Gasteiger partial charge < -0.3 is 0 Å². The van der Waals surface area contributed by atoms with E-state index in [1.165, 1.54) is 6.20 Å². The fourth-order valence-electron chi connectivity index (χ4n) is 0.984. The Labute approximate surface area is 91.4 Å². The van der Waals surface area contributed by atoms with E-state index >= 15 is 0 Å². The molecule has 0 saturated heterocycles. The van der Waals surface area contributed by atoms with Crippen LogP contribution in [0.4, 0.5) is 0 Å². The van der Waals surface area contributed by atoms with Crippen LogP contribution in [0.1, 0.15) is 12.8 Å². The van der Waals surface area contributed by atoms with Crippen molar-refractivity contribution in [3.8, 4) is 0 Å². The summed E-state index contributed by atoms with van der Waals surface area (Å²) in [6, 6.07) is 0. The third-order valence-electron chi connectivity index (χ3n) is 1.98. The Hall–Kier alpha value is -0.170. The lowest BCUT2D eigenvalue weighted by atomic mass is 10.4. The molecule has 1 fully saturated rings. The van der Waals surface area contributed by atoms with Gasteiger partial charge >= 0.3 is 0 Å².